The van der Waals surface area contributed by atoms with Gasteiger partial charge in [-0.15, -0.1) is 11.3 Å². The third-order valence-corrected chi connectivity index (χ3v) is 4.35. The van der Waals surface area contributed by atoms with E-state index in [0.717, 1.165) is 23.5 Å². The van der Waals surface area contributed by atoms with Gasteiger partial charge in [0.25, 0.3) is 0 Å². The number of nitrogens with one attached hydrogen (secondary N) is 2. The van der Waals surface area contributed by atoms with Crippen molar-refractivity contribution in [2.24, 2.45) is 5.92 Å². The molecule has 0 saturated carbocycles. The summed E-state index contributed by atoms with van der Waals surface area (Å²) in [7, 11) is 0. The monoisotopic (exact) mass is 287 g/mol. The molecule has 104 valence electrons. The Hall–Kier alpha value is -1.88. The maximum Gasteiger partial charge on any atom is 0.225 e. The smallest absolute Gasteiger partial charge is 0.225 e. The molecule has 1 amide bonds. The number of carbonyl (C=O) groups is 1. The van der Waals surface area contributed by atoms with E-state index in [2.05, 4.69) is 27.8 Å². The second-order valence-electron chi connectivity index (χ2n) is 4.91. The van der Waals surface area contributed by atoms with Crippen LogP contribution in [0.3, 0.4) is 0 Å². The van der Waals surface area contributed by atoms with Crippen molar-refractivity contribution in [1.82, 2.24) is 10.3 Å². The molecule has 5 heteroatoms. The zero-order chi connectivity index (χ0) is 13.8. The summed E-state index contributed by atoms with van der Waals surface area (Å²) in [6.07, 6.45) is 3.41. The van der Waals surface area contributed by atoms with Crippen molar-refractivity contribution in [3.05, 3.63) is 46.4 Å². The number of rotatable bonds is 4. The molecule has 1 unspecified atom stereocenters. The van der Waals surface area contributed by atoms with E-state index in [-0.39, 0.29) is 11.8 Å². The van der Waals surface area contributed by atoms with E-state index >= 15 is 0 Å². The van der Waals surface area contributed by atoms with Crippen LogP contribution in [0.25, 0.3) is 0 Å². The van der Waals surface area contributed by atoms with Crippen LogP contribution < -0.4 is 10.6 Å². The van der Waals surface area contributed by atoms with Crippen molar-refractivity contribution in [3.63, 3.8) is 0 Å². The first kappa shape index (κ1) is 13.1. The largest absolute Gasteiger partial charge is 0.384 e. The van der Waals surface area contributed by atoms with Crippen LogP contribution in [0.1, 0.15) is 10.6 Å². The number of anilines is 1. The fourth-order valence-electron chi connectivity index (χ4n) is 2.44. The molecule has 0 spiro atoms. The van der Waals surface area contributed by atoms with Crippen LogP contribution in [0.4, 0.5) is 5.69 Å². The molecular weight excluding hydrogens is 270 g/mol. The molecule has 2 heterocycles. The van der Waals surface area contributed by atoms with E-state index in [9.17, 15) is 4.79 Å². The third kappa shape index (κ3) is 2.99. The molecule has 1 aromatic heterocycles. The third-order valence-electron chi connectivity index (χ3n) is 3.51. The van der Waals surface area contributed by atoms with Crippen LogP contribution in [0.5, 0.6) is 0 Å². The lowest BCUT2D eigenvalue weighted by Gasteiger charge is -2.25. The number of thiazole rings is 1. The Kier molecular flexibility index (Phi) is 3.97. The molecule has 0 aliphatic carbocycles. The van der Waals surface area contributed by atoms with Crippen LogP contribution in [0.2, 0.25) is 0 Å². The van der Waals surface area contributed by atoms with Crippen molar-refractivity contribution in [2.75, 3.05) is 18.4 Å². The van der Waals surface area contributed by atoms with Crippen molar-refractivity contribution in [3.8, 4) is 0 Å². The Labute approximate surface area is 122 Å². The highest BCUT2D eigenvalue weighted by Crippen LogP contribution is 2.24. The Morgan fingerprint density at radius 1 is 1.45 bits per heavy atom. The van der Waals surface area contributed by atoms with Crippen LogP contribution in [-0.2, 0) is 17.6 Å². The van der Waals surface area contributed by atoms with Gasteiger partial charge in [0.2, 0.25) is 5.91 Å². The van der Waals surface area contributed by atoms with Gasteiger partial charge in [-0.2, -0.15) is 0 Å². The number of hydrogen-bond donors (Lipinski definition) is 2. The minimum absolute atomic E-state index is 0.0150. The lowest BCUT2D eigenvalue weighted by Crippen LogP contribution is -2.38. The molecule has 4 nitrogen and oxygen atoms in total. The van der Waals surface area contributed by atoms with E-state index in [1.54, 1.807) is 17.5 Å². The fraction of sp³-hybridized carbons (Fsp3) is 0.333. The number of nitrogens with zero attached hydrogens (tertiary/aromatic N) is 1. The zero-order valence-corrected chi connectivity index (χ0v) is 12.0. The van der Waals surface area contributed by atoms with Gasteiger partial charge < -0.3 is 10.6 Å². The highest BCUT2D eigenvalue weighted by Gasteiger charge is 2.23. The predicted molar refractivity (Wildman–Crippen MR) is 81.0 cm³/mol. The lowest BCUT2D eigenvalue weighted by molar-refractivity contribution is -0.124. The topological polar surface area (TPSA) is 54.0 Å². The summed E-state index contributed by atoms with van der Waals surface area (Å²) in [6.45, 7) is 1.37. The van der Waals surface area contributed by atoms with Crippen molar-refractivity contribution in [2.45, 2.75) is 12.8 Å². The molecular formula is C15H17N3OS. The minimum Gasteiger partial charge on any atom is -0.384 e. The number of hydrogen-bond acceptors (Lipinski definition) is 4. The van der Waals surface area contributed by atoms with Gasteiger partial charge in [0.15, 0.2) is 0 Å². The molecule has 1 aliphatic heterocycles. The van der Waals surface area contributed by atoms with Crippen LogP contribution in [0.15, 0.2) is 35.8 Å². The maximum atomic E-state index is 12.2. The number of fused-ring (bicyclic) bond motifs is 1. The summed E-state index contributed by atoms with van der Waals surface area (Å²) >= 11 is 1.63. The first-order valence-corrected chi connectivity index (χ1v) is 7.69. The summed E-state index contributed by atoms with van der Waals surface area (Å²) in [5, 5.41) is 9.36. The Bertz CT molecular complexity index is 583. The van der Waals surface area contributed by atoms with E-state index in [1.165, 1.54) is 5.56 Å². The number of amides is 1. The second-order valence-corrected chi connectivity index (χ2v) is 5.89. The van der Waals surface area contributed by atoms with Crippen LogP contribution in [0, 0.1) is 5.92 Å². The van der Waals surface area contributed by atoms with Gasteiger partial charge in [-0.05, 0) is 18.1 Å². The van der Waals surface area contributed by atoms with Gasteiger partial charge in [-0.25, -0.2) is 4.98 Å². The van der Waals surface area contributed by atoms with Gasteiger partial charge in [0.1, 0.15) is 0 Å². The van der Waals surface area contributed by atoms with Crippen molar-refractivity contribution in [1.29, 1.82) is 0 Å². The predicted octanol–water partition coefficient (Wildman–Crippen LogP) is 2.09. The molecule has 3 rings (SSSR count). The molecule has 2 aromatic rings. The first-order valence-electron chi connectivity index (χ1n) is 6.81. The van der Waals surface area contributed by atoms with E-state index in [1.807, 2.05) is 17.5 Å². The molecule has 20 heavy (non-hydrogen) atoms. The molecule has 0 radical (unpaired) electrons. The SMILES string of the molecule is O=C(NCCc1nccs1)C1CNc2ccccc2C1. The Morgan fingerprint density at radius 2 is 2.35 bits per heavy atom. The van der Waals surface area contributed by atoms with Gasteiger partial charge in [0, 0.05) is 36.8 Å². The van der Waals surface area contributed by atoms with Gasteiger partial charge in [0.05, 0.1) is 10.9 Å². The summed E-state index contributed by atoms with van der Waals surface area (Å²) in [6, 6.07) is 8.17. The summed E-state index contributed by atoms with van der Waals surface area (Å²) in [5.41, 5.74) is 2.37. The summed E-state index contributed by atoms with van der Waals surface area (Å²) in [5.74, 6) is 0.143. The van der Waals surface area contributed by atoms with E-state index in [4.69, 9.17) is 0 Å². The fourth-order valence-corrected chi connectivity index (χ4v) is 3.06. The maximum absolute atomic E-state index is 12.2. The van der Waals surface area contributed by atoms with Crippen molar-refractivity contribution >= 4 is 22.9 Å². The van der Waals surface area contributed by atoms with Crippen LogP contribution >= 0.6 is 11.3 Å². The lowest BCUT2D eigenvalue weighted by atomic mass is 9.93. The highest BCUT2D eigenvalue weighted by atomic mass is 32.1. The molecule has 2 N–H and O–H groups in total. The van der Waals surface area contributed by atoms with Crippen molar-refractivity contribution < 1.29 is 4.79 Å². The Balaban J connectivity index is 1.51. The standard InChI is InChI=1S/C15H17N3OS/c19-15(17-6-5-14-16-7-8-20-14)12-9-11-3-1-2-4-13(11)18-10-12/h1-4,7-8,12,18H,5-6,9-10H2,(H,17,19). The summed E-state index contributed by atoms with van der Waals surface area (Å²) < 4.78 is 0. The van der Waals surface area contributed by atoms with E-state index in [0.29, 0.717) is 13.1 Å². The highest BCUT2D eigenvalue weighted by molar-refractivity contribution is 7.09. The zero-order valence-electron chi connectivity index (χ0n) is 11.1. The second kappa shape index (κ2) is 6.05. The van der Waals surface area contributed by atoms with Gasteiger partial charge in [-0.3, -0.25) is 4.79 Å². The molecule has 0 saturated heterocycles. The Morgan fingerprint density at radius 3 is 3.20 bits per heavy atom. The number of para-hydroxylation sites is 1. The molecule has 1 aliphatic rings. The quantitative estimate of drug-likeness (QED) is 0.905. The number of carbonyl (C=O) groups excluding carboxylic acids is 1. The van der Waals surface area contributed by atoms with Gasteiger partial charge >= 0.3 is 0 Å². The number of aromatic nitrogens is 1. The first-order chi connectivity index (χ1) is 9.83. The normalized spacial score (nSPS) is 17.1. The number of benzene rings is 1. The minimum atomic E-state index is 0.0150. The average Bonchev–Trinajstić information content (AvgIpc) is 3.00. The van der Waals surface area contributed by atoms with E-state index < -0.39 is 0 Å². The molecule has 0 bridgehead atoms. The van der Waals surface area contributed by atoms with Crippen LogP contribution in [-0.4, -0.2) is 24.0 Å². The molecule has 1 atom stereocenters. The summed E-state index contributed by atoms with van der Waals surface area (Å²) in [4.78, 5) is 16.4. The average molecular weight is 287 g/mol. The molecule has 1 aromatic carbocycles. The van der Waals surface area contributed by atoms with Gasteiger partial charge in [-0.1, -0.05) is 18.2 Å². The molecule has 0 fully saturated rings.